The van der Waals surface area contributed by atoms with Crippen molar-refractivity contribution in [3.05, 3.63) is 29.6 Å². The maximum absolute atomic E-state index is 10.7. The summed E-state index contributed by atoms with van der Waals surface area (Å²) in [5, 5.41) is 8.76. The number of aromatic nitrogens is 1. The van der Waals surface area contributed by atoms with Crippen LogP contribution in [-0.4, -0.2) is 46.4 Å². The molecule has 0 aromatic carbocycles. The number of pyridine rings is 1. The maximum Gasteiger partial charge on any atom is 0.337 e. The normalized spacial score (nSPS) is 15.1. The van der Waals surface area contributed by atoms with E-state index in [1.54, 1.807) is 12.1 Å². The average molecular weight is 219 g/mol. The molecular weight excluding hydrogens is 206 g/mol. The topological polar surface area (TPSA) is 65.8 Å². The molecule has 1 aromatic heterocycles. The van der Waals surface area contributed by atoms with Crippen LogP contribution >= 0.6 is 0 Å². The smallest absolute Gasteiger partial charge is 0.337 e. The zero-order valence-electron chi connectivity index (χ0n) is 9.05. The number of aliphatic imine (C=N–C) groups is 1. The number of carboxylic acids is 1. The minimum absolute atomic E-state index is 0.199. The lowest BCUT2D eigenvalue weighted by atomic mass is 10.2. The largest absolute Gasteiger partial charge is 0.478 e. The van der Waals surface area contributed by atoms with Crippen LogP contribution in [0.3, 0.4) is 0 Å². The van der Waals surface area contributed by atoms with Crippen LogP contribution in [0.25, 0.3) is 0 Å². The van der Waals surface area contributed by atoms with Gasteiger partial charge in [-0.05, 0) is 19.1 Å². The van der Waals surface area contributed by atoms with Crippen molar-refractivity contribution in [3.63, 3.8) is 0 Å². The Kier molecular flexibility index (Phi) is 2.85. The molecule has 0 bridgehead atoms. The minimum atomic E-state index is -0.959. The first-order valence-electron chi connectivity index (χ1n) is 5.21. The van der Waals surface area contributed by atoms with E-state index in [1.807, 2.05) is 0 Å². The van der Waals surface area contributed by atoms with Gasteiger partial charge >= 0.3 is 5.97 Å². The average Bonchev–Trinajstić information content (AvgIpc) is 2.77. The molecule has 1 N–H and O–H groups in total. The third-order valence-electron chi connectivity index (χ3n) is 2.55. The van der Waals surface area contributed by atoms with Gasteiger partial charge in [-0.15, -0.1) is 0 Å². The van der Waals surface area contributed by atoms with Gasteiger partial charge in [0.25, 0.3) is 0 Å². The number of carboxylic acid groups (broad SMARTS) is 1. The molecule has 0 unspecified atom stereocenters. The van der Waals surface area contributed by atoms with E-state index in [1.165, 1.54) is 6.20 Å². The summed E-state index contributed by atoms with van der Waals surface area (Å²) in [4.78, 5) is 21.3. The molecule has 0 radical (unpaired) electrons. The molecule has 5 heteroatoms. The number of nitrogens with zero attached hydrogens (tertiary/aromatic N) is 3. The molecule has 0 atom stereocenters. The molecule has 0 amide bonds. The van der Waals surface area contributed by atoms with E-state index >= 15 is 0 Å². The fourth-order valence-corrected chi connectivity index (χ4v) is 1.69. The second-order valence-electron chi connectivity index (χ2n) is 3.52. The number of likely N-dealkylation sites (N-methyl/N-ethyl adjacent to an activating group) is 1. The minimum Gasteiger partial charge on any atom is -0.478 e. The van der Waals surface area contributed by atoms with Crippen molar-refractivity contribution in [2.24, 2.45) is 4.99 Å². The molecule has 16 heavy (non-hydrogen) atoms. The van der Waals surface area contributed by atoms with Crippen LogP contribution in [0.5, 0.6) is 0 Å². The van der Waals surface area contributed by atoms with Crippen LogP contribution in [0.4, 0.5) is 0 Å². The first-order chi connectivity index (χ1) is 7.72. The lowest BCUT2D eigenvalue weighted by molar-refractivity contribution is 0.0696. The number of carbonyl (C=O) groups is 1. The van der Waals surface area contributed by atoms with E-state index in [2.05, 4.69) is 21.8 Å². The second kappa shape index (κ2) is 4.30. The molecule has 1 aliphatic heterocycles. The third kappa shape index (κ3) is 1.88. The molecule has 0 aliphatic carbocycles. The van der Waals surface area contributed by atoms with Gasteiger partial charge in [0.15, 0.2) is 0 Å². The molecule has 0 fully saturated rings. The van der Waals surface area contributed by atoms with Crippen LogP contribution in [0, 0.1) is 0 Å². The Bertz CT molecular complexity index is 425. The SMILES string of the molecule is CCN1CCN=C1c1ccc(C(=O)O)cn1. The van der Waals surface area contributed by atoms with Gasteiger partial charge in [0, 0.05) is 19.3 Å². The predicted molar refractivity (Wildman–Crippen MR) is 59.8 cm³/mol. The van der Waals surface area contributed by atoms with Gasteiger partial charge in [-0.2, -0.15) is 0 Å². The van der Waals surface area contributed by atoms with Gasteiger partial charge in [-0.3, -0.25) is 9.98 Å². The maximum atomic E-state index is 10.7. The highest BCUT2D eigenvalue weighted by Gasteiger charge is 2.18. The lowest BCUT2D eigenvalue weighted by Gasteiger charge is -2.17. The summed E-state index contributed by atoms with van der Waals surface area (Å²) in [5.74, 6) is -0.0980. The van der Waals surface area contributed by atoms with Crippen LogP contribution < -0.4 is 0 Å². The summed E-state index contributed by atoms with van der Waals surface area (Å²) in [7, 11) is 0. The fourth-order valence-electron chi connectivity index (χ4n) is 1.69. The van der Waals surface area contributed by atoms with Gasteiger partial charge in [0.1, 0.15) is 11.5 Å². The first kappa shape index (κ1) is 10.6. The number of aromatic carboxylic acids is 1. The quantitative estimate of drug-likeness (QED) is 0.818. The van der Waals surface area contributed by atoms with Gasteiger partial charge < -0.3 is 10.0 Å². The Labute approximate surface area is 93.4 Å². The van der Waals surface area contributed by atoms with Gasteiger partial charge in [0.2, 0.25) is 0 Å². The third-order valence-corrected chi connectivity index (χ3v) is 2.55. The van der Waals surface area contributed by atoms with Crippen molar-refractivity contribution < 1.29 is 9.90 Å². The summed E-state index contributed by atoms with van der Waals surface area (Å²) in [5.41, 5.74) is 0.940. The highest BCUT2D eigenvalue weighted by Crippen LogP contribution is 2.09. The van der Waals surface area contributed by atoms with Crippen molar-refractivity contribution >= 4 is 11.8 Å². The molecule has 1 aliphatic rings. The van der Waals surface area contributed by atoms with Crippen molar-refractivity contribution in [1.82, 2.24) is 9.88 Å². The number of hydrogen-bond donors (Lipinski definition) is 1. The molecule has 84 valence electrons. The Morgan fingerprint density at radius 3 is 2.94 bits per heavy atom. The zero-order chi connectivity index (χ0) is 11.5. The van der Waals surface area contributed by atoms with Gasteiger partial charge in [-0.25, -0.2) is 4.79 Å². The second-order valence-corrected chi connectivity index (χ2v) is 3.52. The Balaban J connectivity index is 2.25. The Morgan fingerprint density at radius 1 is 1.56 bits per heavy atom. The van der Waals surface area contributed by atoms with Gasteiger partial charge in [-0.1, -0.05) is 0 Å². The zero-order valence-corrected chi connectivity index (χ0v) is 9.05. The van der Waals surface area contributed by atoms with E-state index in [4.69, 9.17) is 5.11 Å². The summed E-state index contributed by atoms with van der Waals surface area (Å²) < 4.78 is 0. The van der Waals surface area contributed by atoms with E-state index in [9.17, 15) is 4.79 Å². The Hall–Kier alpha value is -1.91. The number of hydrogen-bond acceptors (Lipinski definition) is 4. The van der Waals surface area contributed by atoms with Crippen LogP contribution in [-0.2, 0) is 0 Å². The van der Waals surface area contributed by atoms with E-state index in [-0.39, 0.29) is 5.56 Å². The van der Waals surface area contributed by atoms with Gasteiger partial charge in [0.05, 0.1) is 12.1 Å². The molecule has 2 heterocycles. The molecule has 2 rings (SSSR count). The standard InChI is InChI=1S/C11H13N3O2/c1-2-14-6-5-12-10(14)9-4-3-8(7-13-9)11(15)16/h3-4,7H,2,5-6H2,1H3,(H,15,16). The molecule has 0 saturated heterocycles. The van der Waals surface area contributed by atoms with E-state index < -0.39 is 5.97 Å². The monoisotopic (exact) mass is 219 g/mol. The predicted octanol–water partition coefficient (Wildman–Crippen LogP) is 0.862. The van der Waals surface area contributed by atoms with Crippen molar-refractivity contribution in [2.75, 3.05) is 19.6 Å². The molecule has 0 saturated carbocycles. The number of amidine groups is 1. The summed E-state index contributed by atoms with van der Waals surface area (Å²) in [6.45, 7) is 4.65. The number of rotatable bonds is 3. The lowest BCUT2D eigenvalue weighted by Crippen LogP contribution is -2.28. The van der Waals surface area contributed by atoms with E-state index in [0.29, 0.717) is 0 Å². The first-order valence-corrected chi connectivity index (χ1v) is 5.21. The molecular formula is C11H13N3O2. The molecule has 5 nitrogen and oxygen atoms in total. The van der Waals surface area contributed by atoms with Crippen molar-refractivity contribution in [1.29, 1.82) is 0 Å². The highest BCUT2D eigenvalue weighted by molar-refractivity contribution is 5.98. The summed E-state index contributed by atoms with van der Waals surface area (Å²) in [6.07, 6.45) is 1.37. The van der Waals surface area contributed by atoms with Crippen molar-refractivity contribution in [3.8, 4) is 0 Å². The summed E-state index contributed by atoms with van der Waals surface area (Å²) >= 11 is 0. The highest BCUT2D eigenvalue weighted by atomic mass is 16.4. The van der Waals surface area contributed by atoms with Crippen molar-refractivity contribution in [2.45, 2.75) is 6.92 Å². The summed E-state index contributed by atoms with van der Waals surface area (Å²) in [6, 6.07) is 3.26. The van der Waals surface area contributed by atoms with Crippen LogP contribution in [0.1, 0.15) is 23.0 Å². The van der Waals surface area contributed by atoms with Crippen LogP contribution in [0.15, 0.2) is 23.3 Å². The van der Waals surface area contributed by atoms with Crippen LogP contribution in [0.2, 0.25) is 0 Å². The fraction of sp³-hybridized carbons (Fsp3) is 0.364. The molecule has 1 aromatic rings. The Morgan fingerprint density at radius 2 is 2.38 bits per heavy atom. The van der Waals surface area contributed by atoms with E-state index in [0.717, 1.165) is 31.2 Å². The molecule has 0 spiro atoms.